The molecule has 198 valence electrons. The summed E-state index contributed by atoms with van der Waals surface area (Å²) in [5.41, 5.74) is 13.1. The highest BCUT2D eigenvalue weighted by atomic mass is 35.5. The molecule has 2 saturated carbocycles. The number of ether oxygens (including phenoxy) is 1. The third-order valence-electron chi connectivity index (χ3n) is 7.24. The van der Waals surface area contributed by atoms with Crippen molar-refractivity contribution in [1.82, 2.24) is 4.90 Å². The van der Waals surface area contributed by atoms with Crippen molar-refractivity contribution in [2.45, 2.75) is 55.5 Å². The Labute approximate surface area is 224 Å². The summed E-state index contributed by atoms with van der Waals surface area (Å²) in [5, 5.41) is 0.607. The van der Waals surface area contributed by atoms with Gasteiger partial charge in [-0.25, -0.2) is 8.60 Å². The van der Waals surface area contributed by atoms with Crippen LogP contribution in [0, 0.1) is 11.7 Å². The van der Waals surface area contributed by atoms with Crippen molar-refractivity contribution in [3.8, 4) is 0 Å². The number of rotatable bonds is 10. The van der Waals surface area contributed by atoms with Crippen molar-refractivity contribution in [3.05, 3.63) is 76.8 Å². The summed E-state index contributed by atoms with van der Waals surface area (Å²) < 4.78 is 36.2. The molecule has 3 fully saturated rings. The average Bonchev–Trinajstić information content (AvgIpc) is 3.81. The number of nitrogens with two attached hydrogens (primary N) is 2. The third-order valence-corrected chi connectivity index (χ3v) is 9.31. The van der Waals surface area contributed by atoms with E-state index >= 15 is 0 Å². The second-order valence-corrected chi connectivity index (χ2v) is 12.1. The number of carbonyl (C=O) groups excluding carboxylic acids is 1. The summed E-state index contributed by atoms with van der Waals surface area (Å²) >= 11 is 6.14. The van der Waals surface area contributed by atoms with Gasteiger partial charge in [0.25, 0.3) is 5.91 Å². The Morgan fingerprint density at radius 2 is 1.89 bits per heavy atom. The molecule has 1 saturated heterocycles. The van der Waals surface area contributed by atoms with Gasteiger partial charge in [-0.1, -0.05) is 35.9 Å². The number of benzene rings is 2. The predicted octanol–water partition coefficient (Wildman–Crippen LogP) is 4.01. The number of morpholine rings is 1. The molecule has 4 atom stereocenters. The Morgan fingerprint density at radius 3 is 2.51 bits per heavy atom. The van der Waals surface area contributed by atoms with Gasteiger partial charge in [-0.15, -0.1) is 0 Å². The maximum atomic E-state index is 15.0. The van der Waals surface area contributed by atoms with Gasteiger partial charge in [0.15, 0.2) is 0 Å². The van der Waals surface area contributed by atoms with E-state index in [9.17, 15) is 13.4 Å². The topological polar surface area (TPSA) is 102 Å². The number of hydrogen-bond donors (Lipinski definition) is 2. The van der Waals surface area contributed by atoms with Gasteiger partial charge in [-0.05, 0) is 61.4 Å². The molecule has 3 aliphatic rings. The molecule has 2 aliphatic carbocycles. The molecule has 0 aromatic heterocycles. The maximum Gasteiger partial charge on any atom is 0.253 e. The lowest BCUT2D eigenvalue weighted by Gasteiger charge is -2.45. The first-order valence-corrected chi connectivity index (χ1v) is 14.2. The standard InChI is InChI=1S/C27H32ClFN4O3S/c28-19-9-7-18(8-10-19)25-16-36-26(13-20(31)14-30)27(34)33(25)24(17-5-6-17)15-32(37(35)21-11-12-21)23-4-2-1-3-22(23)29/h1-4,7-10,14,17,21,24-26H,5-6,11-13,15-16,30-31H2/b20-14-. The van der Waals surface area contributed by atoms with Crippen LogP contribution in [0.4, 0.5) is 10.1 Å². The van der Waals surface area contributed by atoms with Crippen LogP contribution in [0.2, 0.25) is 5.02 Å². The molecule has 1 heterocycles. The minimum Gasteiger partial charge on any atom is -0.403 e. The first-order valence-electron chi connectivity index (χ1n) is 12.7. The summed E-state index contributed by atoms with van der Waals surface area (Å²) in [6, 6.07) is 13.1. The van der Waals surface area contributed by atoms with Crippen LogP contribution >= 0.6 is 11.6 Å². The largest absolute Gasteiger partial charge is 0.403 e. The molecular formula is C27H32ClFN4O3S. The van der Waals surface area contributed by atoms with Crippen molar-refractivity contribution in [1.29, 1.82) is 0 Å². The molecule has 0 spiro atoms. The molecule has 37 heavy (non-hydrogen) atoms. The molecular weight excluding hydrogens is 515 g/mol. The second-order valence-electron chi connectivity index (χ2n) is 9.97. The number of nitrogens with zero attached hydrogens (tertiary/aromatic N) is 2. The van der Waals surface area contributed by atoms with Crippen molar-refractivity contribution in [3.63, 3.8) is 0 Å². The lowest BCUT2D eigenvalue weighted by molar-refractivity contribution is -0.164. The van der Waals surface area contributed by atoms with E-state index in [4.69, 9.17) is 27.8 Å². The van der Waals surface area contributed by atoms with Crippen LogP contribution in [-0.2, 0) is 20.5 Å². The van der Waals surface area contributed by atoms with Crippen LogP contribution in [-0.4, -0.2) is 45.6 Å². The van der Waals surface area contributed by atoms with E-state index in [2.05, 4.69) is 0 Å². The lowest BCUT2D eigenvalue weighted by Crippen LogP contribution is -2.57. The summed E-state index contributed by atoms with van der Waals surface area (Å²) in [4.78, 5) is 15.9. The van der Waals surface area contributed by atoms with Crippen LogP contribution in [0.3, 0.4) is 0 Å². The Hall–Kier alpha value is -2.62. The molecule has 4 N–H and O–H groups in total. The zero-order chi connectivity index (χ0) is 26.1. The van der Waals surface area contributed by atoms with E-state index in [-0.39, 0.29) is 48.7 Å². The first-order chi connectivity index (χ1) is 17.9. The van der Waals surface area contributed by atoms with Gasteiger partial charge in [-0.2, -0.15) is 0 Å². The third kappa shape index (κ3) is 5.78. The molecule has 2 aromatic rings. The smallest absolute Gasteiger partial charge is 0.253 e. The molecule has 4 unspecified atom stereocenters. The highest BCUT2D eigenvalue weighted by Gasteiger charge is 2.47. The normalized spacial score (nSPS) is 24.1. The Kier molecular flexibility index (Phi) is 7.74. The van der Waals surface area contributed by atoms with Crippen molar-refractivity contribution in [2.75, 3.05) is 17.5 Å². The van der Waals surface area contributed by atoms with Crippen molar-refractivity contribution < 1.29 is 18.1 Å². The van der Waals surface area contributed by atoms with Crippen LogP contribution in [0.15, 0.2) is 60.4 Å². The van der Waals surface area contributed by atoms with Crippen LogP contribution in [0.25, 0.3) is 0 Å². The zero-order valence-electron chi connectivity index (χ0n) is 20.5. The van der Waals surface area contributed by atoms with Gasteiger partial charge in [-0.3, -0.25) is 9.10 Å². The highest BCUT2D eigenvalue weighted by molar-refractivity contribution is 7.87. The molecule has 5 rings (SSSR count). The summed E-state index contributed by atoms with van der Waals surface area (Å²) in [6.07, 6.45) is 4.27. The van der Waals surface area contributed by atoms with Crippen molar-refractivity contribution >= 4 is 34.2 Å². The molecule has 7 nitrogen and oxygen atoms in total. The number of anilines is 1. The second kappa shape index (κ2) is 11.0. The molecule has 0 bridgehead atoms. The van der Waals surface area contributed by atoms with E-state index in [1.807, 2.05) is 17.0 Å². The van der Waals surface area contributed by atoms with E-state index < -0.39 is 22.9 Å². The van der Waals surface area contributed by atoms with Crippen LogP contribution < -0.4 is 15.8 Å². The Morgan fingerprint density at radius 1 is 1.19 bits per heavy atom. The fourth-order valence-corrected chi connectivity index (χ4v) is 6.60. The lowest BCUT2D eigenvalue weighted by atomic mass is 9.97. The first kappa shape index (κ1) is 26.0. The minimum absolute atomic E-state index is 0.00847. The molecule has 2 aromatic carbocycles. The van der Waals surface area contributed by atoms with Gasteiger partial charge >= 0.3 is 0 Å². The Bertz CT molecular complexity index is 1190. The quantitative estimate of drug-likeness (QED) is 0.469. The van der Waals surface area contributed by atoms with Crippen LogP contribution in [0.5, 0.6) is 0 Å². The monoisotopic (exact) mass is 546 g/mol. The SMILES string of the molecule is N/C=C(\N)CC1OCC(c2ccc(Cl)cc2)N(C(CN(c2ccccc2F)S(=O)C2CC2)C2CC2)C1=O. The fraction of sp³-hybridized carbons (Fsp3) is 0.444. The Balaban J connectivity index is 1.52. The number of amides is 1. The summed E-state index contributed by atoms with van der Waals surface area (Å²) in [5.74, 6) is -0.406. The predicted molar refractivity (Wildman–Crippen MR) is 143 cm³/mol. The van der Waals surface area contributed by atoms with Gasteiger partial charge in [0.2, 0.25) is 0 Å². The average molecular weight is 547 g/mol. The maximum absolute atomic E-state index is 15.0. The highest BCUT2D eigenvalue weighted by Crippen LogP contribution is 2.43. The molecule has 1 aliphatic heterocycles. The molecule has 10 heteroatoms. The van der Waals surface area contributed by atoms with E-state index in [0.717, 1.165) is 31.2 Å². The van der Waals surface area contributed by atoms with Crippen molar-refractivity contribution in [2.24, 2.45) is 17.4 Å². The molecule has 1 amide bonds. The van der Waals surface area contributed by atoms with Crippen LogP contribution in [0.1, 0.15) is 43.7 Å². The summed E-state index contributed by atoms with van der Waals surface area (Å²) in [7, 11) is -1.40. The van der Waals surface area contributed by atoms with Gasteiger partial charge < -0.3 is 21.1 Å². The number of halogens is 2. The molecule has 0 radical (unpaired) electrons. The number of para-hydroxylation sites is 1. The van der Waals surface area contributed by atoms with E-state index in [0.29, 0.717) is 16.4 Å². The number of carbonyl (C=O) groups is 1. The minimum atomic E-state index is -1.40. The zero-order valence-corrected chi connectivity index (χ0v) is 22.0. The summed E-state index contributed by atoms with van der Waals surface area (Å²) in [6.45, 7) is 0.532. The fourth-order valence-electron chi connectivity index (χ4n) is 4.93. The van der Waals surface area contributed by atoms with Gasteiger partial charge in [0.05, 0.1) is 36.2 Å². The number of hydrogen-bond acceptors (Lipinski definition) is 5. The van der Waals surface area contributed by atoms with Gasteiger partial charge in [0, 0.05) is 23.3 Å². The van der Waals surface area contributed by atoms with E-state index in [1.165, 1.54) is 12.3 Å². The van der Waals surface area contributed by atoms with Gasteiger partial charge in [0.1, 0.15) is 22.9 Å². The van der Waals surface area contributed by atoms with E-state index in [1.54, 1.807) is 34.6 Å².